The molecule has 1 unspecified atom stereocenters. The summed E-state index contributed by atoms with van der Waals surface area (Å²) in [5.41, 5.74) is 0.413. The zero-order chi connectivity index (χ0) is 14.7. The van der Waals surface area contributed by atoms with Gasteiger partial charge >= 0.3 is 5.97 Å². The van der Waals surface area contributed by atoms with Crippen molar-refractivity contribution in [1.29, 1.82) is 0 Å². The maximum absolute atomic E-state index is 12.0. The van der Waals surface area contributed by atoms with Crippen LogP contribution in [0.4, 0.5) is 0 Å². The normalized spacial score (nSPS) is 11.9. The van der Waals surface area contributed by atoms with E-state index in [1.807, 2.05) is 0 Å². The Bertz CT molecular complexity index is 720. The number of hydrogen-bond donors (Lipinski definition) is 2. The molecule has 1 atom stereocenters. The minimum absolute atomic E-state index is 0.101. The minimum Gasteiger partial charge on any atom is -0.467 e. The van der Waals surface area contributed by atoms with Crippen molar-refractivity contribution in [2.75, 3.05) is 7.11 Å². The van der Waals surface area contributed by atoms with E-state index in [4.69, 9.17) is 0 Å². The Kier molecular flexibility index (Phi) is 3.84. The zero-order valence-corrected chi connectivity index (χ0v) is 11.1. The first-order valence-corrected chi connectivity index (χ1v) is 6.03. The number of aromatic amines is 1. The van der Waals surface area contributed by atoms with Gasteiger partial charge in [-0.2, -0.15) is 0 Å². The molecule has 1 heterocycles. The minimum atomic E-state index is -0.789. The standard InChI is InChI=1S/C14H14N2O4/c1-8(14(19)20-2)15-13(18)11-7-12(17)9-5-3-4-6-10(9)16-11/h3-8H,1-2H3,(H,15,18)(H,16,17). The Morgan fingerprint density at radius 2 is 2.00 bits per heavy atom. The van der Waals surface area contributed by atoms with Crippen LogP contribution in [0.25, 0.3) is 10.9 Å². The lowest BCUT2D eigenvalue weighted by atomic mass is 10.2. The Morgan fingerprint density at radius 3 is 2.70 bits per heavy atom. The molecule has 1 aromatic heterocycles. The molecule has 2 N–H and O–H groups in total. The van der Waals surface area contributed by atoms with Crippen molar-refractivity contribution < 1.29 is 14.3 Å². The van der Waals surface area contributed by atoms with Crippen LogP contribution in [0, 0.1) is 0 Å². The third-order valence-electron chi connectivity index (χ3n) is 2.88. The smallest absolute Gasteiger partial charge is 0.328 e. The second-order valence-corrected chi connectivity index (χ2v) is 4.31. The number of aromatic nitrogens is 1. The molecule has 2 aromatic rings. The molecule has 20 heavy (non-hydrogen) atoms. The van der Waals surface area contributed by atoms with Crippen LogP contribution in [0.1, 0.15) is 17.4 Å². The third kappa shape index (κ3) is 2.69. The van der Waals surface area contributed by atoms with Crippen LogP contribution >= 0.6 is 0 Å². The summed E-state index contributed by atoms with van der Waals surface area (Å²) >= 11 is 0. The van der Waals surface area contributed by atoms with Crippen molar-refractivity contribution in [3.8, 4) is 0 Å². The molecule has 1 amide bonds. The van der Waals surface area contributed by atoms with Crippen molar-refractivity contribution in [1.82, 2.24) is 10.3 Å². The number of fused-ring (bicyclic) bond motifs is 1. The van der Waals surface area contributed by atoms with Gasteiger partial charge in [0.15, 0.2) is 5.43 Å². The number of carbonyl (C=O) groups excluding carboxylic acids is 2. The second kappa shape index (κ2) is 5.56. The van der Waals surface area contributed by atoms with Crippen molar-refractivity contribution in [3.05, 3.63) is 46.2 Å². The van der Waals surface area contributed by atoms with E-state index in [2.05, 4.69) is 15.0 Å². The van der Waals surface area contributed by atoms with Crippen molar-refractivity contribution in [2.24, 2.45) is 0 Å². The van der Waals surface area contributed by atoms with Gasteiger partial charge in [0, 0.05) is 17.0 Å². The number of hydrogen-bond acceptors (Lipinski definition) is 4. The molecule has 6 heteroatoms. The first kappa shape index (κ1) is 13.8. The molecule has 1 aromatic carbocycles. The van der Waals surface area contributed by atoms with E-state index >= 15 is 0 Å². The predicted molar refractivity (Wildman–Crippen MR) is 73.5 cm³/mol. The third-order valence-corrected chi connectivity index (χ3v) is 2.88. The topological polar surface area (TPSA) is 88.3 Å². The van der Waals surface area contributed by atoms with E-state index in [1.54, 1.807) is 24.3 Å². The van der Waals surface area contributed by atoms with Crippen LogP contribution in [0.5, 0.6) is 0 Å². The Balaban J connectivity index is 2.31. The summed E-state index contributed by atoms with van der Waals surface area (Å²) in [5.74, 6) is -1.09. The first-order valence-electron chi connectivity index (χ1n) is 6.03. The molecular weight excluding hydrogens is 260 g/mol. The molecule has 0 fully saturated rings. The highest BCUT2D eigenvalue weighted by molar-refractivity contribution is 5.96. The number of rotatable bonds is 3. The first-order chi connectivity index (χ1) is 9.52. The molecule has 0 spiro atoms. The van der Waals surface area contributed by atoms with Gasteiger partial charge in [-0.25, -0.2) is 4.79 Å². The van der Waals surface area contributed by atoms with Gasteiger partial charge in [0.1, 0.15) is 11.7 Å². The lowest BCUT2D eigenvalue weighted by molar-refractivity contribution is -0.142. The molecule has 0 aliphatic carbocycles. The number of benzene rings is 1. The number of para-hydroxylation sites is 1. The fourth-order valence-electron chi connectivity index (χ4n) is 1.83. The predicted octanol–water partition coefficient (Wildman–Crippen LogP) is 0.819. The van der Waals surface area contributed by atoms with E-state index in [9.17, 15) is 14.4 Å². The second-order valence-electron chi connectivity index (χ2n) is 4.31. The summed E-state index contributed by atoms with van der Waals surface area (Å²) in [6.07, 6.45) is 0. The van der Waals surface area contributed by atoms with E-state index < -0.39 is 17.9 Å². The highest BCUT2D eigenvalue weighted by Gasteiger charge is 2.17. The number of esters is 1. The molecule has 0 aliphatic rings. The van der Waals surface area contributed by atoms with Crippen LogP contribution < -0.4 is 10.7 Å². The Hall–Kier alpha value is -2.63. The van der Waals surface area contributed by atoms with Crippen molar-refractivity contribution >= 4 is 22.8 Å². The summed E-state index contributed by atoms with van der Waals surface area (Å²) in [7, 11) is 1.24. The zero-order valence-electron chi connectivity index (χ0n) is 11.1. The molecule has 0 radical (unpaired) electrons. The number of methoxy groups -OCH3 is 1. The number of nitrogens with one attached hydrogen (secondary N) is 2. The largest absolute Gasteiger partial charge is 0.467 e. The molecule has 2 rings (SSSR count). The summed E-state index contributed by atoms with van der Waals surface area (Å²) in [4.78, 5) is 38.0. The van der Waals surface area contributed by atoms with Gasteiger partial charge < -0.3 is 15.0 Å². The summed E-state index contributed by atoms with van der Waals surface area (Å²) in [5, 5.41) is 2.96. The SMILES string of the molecule is COC(=O)C(C)NC(=O)c1cc(=O)c2ccccc2[nH]1. The summed E-state index contributed by atoms with van der Waals surface area (Å²) in [6.45, 7) is 1.50. The van der Waals surface area contributed by atoms with E-state index in [1.165, 1.54) is 20.1 Å². The fraction of sp³-hybridized carbons (Fsp3) is 0.214. The quantitative estimate of drug-likeness (QED) is 0.811. The number of amides is 1. The average Bonchev–Trinajstić information content (AvgIpc) is 2.46. The van der Waals surface area contributed by atoms with Gasteiger partial charge in [0.25, 0.3) is 5.91 Å². The van der Waals surface area contributed by atoms with Gasteiger partial charge in [-0.1, -0.05) is 12.1 Å². The van der Waals surface area contributed by atoms with Crippen LogP contribution in [-0.4, -0.2) is 30.0 Å². The van der Waals surface area contributed by atoms with Crippen LogP contribution in [-0.2, 0) is 9.53 Å². The van der Waals surface area contributed by atoms with Crippen molar-refractivity contribution in [3.63, 3.8) is 0 Å². The maximum Gasteiger partial charge on any atom is 0.328 e. The van der Waals surface area contributed by atoms with Crippen LogP contribution in [0.3, 0.4) is 0 Å². The Morgan fingerprint density at radius 1 is 1.30 bits per heavy atom. The number of ether oxygens (including phenoxy) is 1. The Labute approximate surface area is 114 Å². The highest BCUT2D eigenvalue weighted by Crippen LogP contribution is 2.07. The molecule has 0 bridgehead atoms. The summed E-state index contributed by atoms with van der Waals surface area (Å²) in [6, 6.07) is 7.31. The highest BCUT2D eigenvalue weighted by atomic mass is 16.5. The fourth-order valence-corrected chi connectivity index (χ4v) is 1.83. The molecule has 0 saturated heterocycles. The molecule has 6 nitrogen and oxygen atoms in total. The molecule has 104 valence electrons. The van der Waals surface area contributed by atoms with Gasteiger partial charge in [-0.3, -0.25) is 9.59 Å². The van der Waals surface area contributed by atoms with Crippen LogP contribution in [0.2, 0.25) is 0 Å². The van der Waals surface area contributed by atoms with E-state index in [-0.39, 0.29) is 11.1 Å². The van der Waals surface area contributed by atoms with Gasteiger partial charge in [0.2, 0.25) is 0 Å². The molecule has 0 aliphatic heterocycles. The monoisotopic (exact) mass is 274 g/mol. The summed E-state index contributed by atoms with van der Waals surface area (Å²) < 4.78 is 4.52. The maximum atomic E-state index is 12.0. The lowest BCUT2D eigenvalue weighted by Gasteiger charge is -2.11. The number of H-pyrrole nitrogens is 1. The lowest BCUT2D eigenvalue weighted by Crippen LogP contribution is -2.39. The molecule has 0 saturated carbocycles. The van der Waals surface area contributed by atoms with Gasteiger partial charge in [-0.15, -0.1) is 0 Å². The van der Waals surface area contributed by atoms with Gasteiger partial charge in [0.05, 0.1) is 7.11 Å². The molecular formula is C14H14N2O4. The number of pyridine rings is 1. The average molecular weight is 274 g/mol. The van der Waals surface area contributed by atoms with Gasteiger partial charge in [-0.05, 0) is 19.1 Å². The van der Waals surface area contributed by atoms with E-state index in [0.717, 1.165) is 0 Å². The number of carbonyl (C=O) groups is 2. The van der Waals surface area contributed by atoms with Crippen LogP contribution in [0.15, 0.2) is 35.1 Å². The van der Waals surface area contributed by atoms with E-state index in [0.29, 0.717) is 10.9 Å². The van der Waals surface area contributed by atoms with Crippen molar-refractivity contribution in [2.45, 2.75) is 13.0 Å².